The van der Waals surface area contributed by atoms with Crippen molar-refractivity contribution in [2.75, 3.05) is 30.3 Å². The van der Waals surface area contributed by atoms with Crippen molar-refractivity contribution in [2.45, 2.75) is 26.2 Å². The minimum atomic E-state index is -2.51. The monoisotopic (exact) mass is 260 g/mol. The molecule has 0 aliphatic heterocycles. The summed E-state index contributed by atoms with van der Waals surface area (Å²) in [6.45, 7) is 3.14. The Balaban J connectivity index is 3.14. The molecule has 0 fully saturated rings. The first-order chi connectivity index (χ1) is 8.47. The molecule has 0 unspecified atom stereocenters. The van der Waals surface area contributed by atoms with Gasteiger partial charge >= 0.3 is 0 Å². The highest BCUT2D eigenvalue weighted by Gasteiger charge is 2.20. The van der Waals surface area contributed by atoms with Gasteiger partial charge in [0.25, 0.3) is 6.43 Å². The lowest BCUT2D eigenvalue weighted by molar-refractivity contribution is 0.152. The zero-order valence-corrected chi connectivity index (χ0v) is 10.5. The van der Waals surface area contributed by atoms with Gasteiger partial charge in [0.05, 0.1) is 13.2 Å². The van der Waals surface area contributed by atoms with Crippen molar-refractivity contribution in [1.82, 2.24) is 9.97 Å². The van der Waals surface area contributed by atoms with Crippen molar-refractivity contribution in [3.8, 4) is 0 Å². The van der Waals surface area contributed by atoms with E-state index in [1.807, 2.05) is 13.8 Å². The number of hydrogen-bond acceptors (Lipinski definition) is 5. The van der Waals surface area contributed by atoms with Crippen LogP contribution in [0.1, 0.15) is 25.3 Å². The van der Waals surface area contributed by atoms with Crippen LogP contribution in [0.3, 0.4) is 0 Å². The highest BCUT2D eigenvalue weighted by atomic mass is 19.3. The summed E-state index contributed by atoms with van der Waals surface area (Å²) >= 11 is 0. The molecule has 0 aliphatic carbocycles. The lowest BCUT2D eigenvalue weighted by Crippen LogP contribution is -2.33. The number of anilines is 2. The topological polar surface area (TPSA) is 75.3 Å². The summed E-state index contributed by atoms with van der Waals surface area (Å²) < 4.78 is 25.1. The average molecular weight is 260 g/mol. The van der Waals surface area contributed by atoms with Gasteiger partial charge in [-0.1, -0.05) is 13.8 Å². The van der Waals surface area contributed by atoms with Crippen molar-refractivity contribution >= 4 is 11.6 Å². The van der Waals surface area contributed by atoms with E-state index in [0.29, 0.717) is 11.4 Å². The Kier molecular flexibility index (Phi) is 5.21. The molecule has 0 saturated heterocycles. The van der Waals surface area contributed by atoms with Crippen molar-refractivity contribution < 1.29 is 13.9 Å². The summed E-state index contributed by atoms with van der Waals surface area (Å²) in [6.07, 6.45) is -1.26. The number of halogens is 2. The van der Waals surface area contributed by atoms with Crippen LogP contribution in [0.4, 0.5) is 20.4 Å². The number of hydrogen-bond donors (Lipinski definition) is 2. The predicted molar refractivity (Wildman–Crippen MR) is 65.8 cm³/mol. The Hall–Kier alpha value is -1.50. The van der Waals surface area contributed by atoms with Gasteiger partial charge in [-0.05, 0) is 5.92 Å². The molecule has 102 valence electrons. The van der Waals surface area contributed by atoms with E-state index in [1.54, 1.807) is 0 Å². The minimum absolute atomic E-state index is 0.0139. The second-order valence-corrected chi connectivity index (χ2v) is 4.21. The summed E-state index contributed by atoms with van der Waals surface area (Å²) in [5.41, 5.74) is 6.39. The molecule has 0 aromatic carbocycles. The molecule has 0 bridgehead atoms. The summed E-state index contributed by atoms with van der Waals surface area (Å²) in [6, 6.07) is 0. The number of nitrogen functional groups attached to an aromatic ring is 1. The van der Waals surface area contributed by atoms with Crippen molar-refractivity contribution in [3.05, 3.63) is 11.9 Å². The molecule has 18 heavy (non-hydrogen) atoms. The molecule has 3 N–H and O–H groups in total. The molecule has 0 saturated carbocycles. The van der Waals surface area contributed by atoms with E-state index in [4.69, 9.17) is 10.8 Å². The first kappa shape index (κ1) is 14.6. The van der Waals surface area contributed by atoms with Crippen LogP contribution >= 0.6 is 0 Å². The fraction of sp³-hybridized carbons (Fsp3) is 0.636. The Morgan fingerprint density at radius 2 is 2.06 bits per heavy atom. The van der Waals surface area contributed by atoms with Gasteiger partial charge in [-0.2, -0.15) is 0 Å². The standard InChI is InChI=1S/C11H18F2N4O/c1-7(2)9-10(14)15-6-16-11(9)17(3-4-18)5-8(12)13/h6-8,18H,3-5H2,1-2H3,(H2,14,15,16). The smallest absolute Gasteiger partial charge is 0.255 e. The molecule has 1 rings (SSSR count). The number of nitrogens with two attached hydrogens (primary N) is 1. The number of aliphatic hydroxyl groups excluding tert-OH is 1. The zero-order valence-electron chi connectivity index (χ0n) is 10.5. The van der Waals surface area contributed by atoms with E-state index >= 15 is 0 Å². The van der Waals surface area contributed by atoms with Gasteiger partial charge in [-0.15, -0.1) is 0 Å². The van der Waals surface area contributed by atoms with Gasteiger partial charge in [0.2, 0.25) is 0 Å². The van der Waals surface area contributed by atoms with Crippen LogP contribution < -0.4 is 10.6 Å². The summed E-state index contributed by atoms with van der Waals surface area (Å²) in [7, 11) is 0. The third-order valence-electron chi connectivity index (χ3n) is 2.50. The average Bonchev–Trinajstić information content (AvgIpc) is 2.27. The highest BCUT2D eigenvalue weighted by Crippen LogP contribution is 2.29. The maximum Gasteiger partial charge on any atom is 0.255 e. The van der Waals surface area contributed by atoms with Crippen LogP contribution in [0.2, 0.25) is 0 Å². The van der Waals surface area contributed by atoms with Gasteiger partial charge in [0.15, 0.2) is 0 Å². The zero-order chi connectivity index (χ0) is 13.7. The SMILES string of the molecule is CC(C)c1c(N)ncnc1N(CCO)CC(F)F. The second kappa shape index (κ2) is 6.44. The summed E-state index contributed by atoms with van der Waals surface area (Å²) in [4.78, 5) is 9.23. The lowest BCUT2D eigenvalue weighted by Gasteiger charge is -2.26. The molecule has 1 aromatic heterocycles. The van der Waals surface area contributed by atoms with Crippen LogP contribution in [-0.4, -0.2) is 41.2 Å². The van der Waals surface area contributed by atoms with Crippen molar-refractivity contribution in [3.63, 3.8) is 0 Å². The van der Waals surface area contributed by atoms with Crippen LogP contribution in [-0.2, 0) is 0 Å². The first-order valence-electron chi connectivity index (χ1n) is 5.71. The minimum Gasteiger partial charge on any atom is -0.395 e. The maximum absolute atomic E-state index is 12.5. The molecule has 0 aliphatic rings. The molecule has 1 aromatic rings. The Labute approximate surface area is 105 Å². The number of aromatic nitrogens is 2. The van der Waals surface area contributed by atoms with E-state index in [1.165, 1.54) is 11.2 Å². The van der Waals surface area contributed by atoms with Crippen molar-refractivity contribution in [1.29, 1.82) is 0 Å². The fourth-order valence-corrected chi connectivity index (χ4v) is 1.78. The molecule has 7 heteroatoms. The molecule has 0 atom stereocenters. The Bertz CT molecular complexity index is 387. The van der Waals surface area contributed by atoms with Gasteiger partial charge in [0.1, 0.15) is 18.0 Å². The van der Waals surface area contributed by atoms with Gasteiger partial charge < -0.3 is 15.7 Å². The van der Waals surface area contributed by atoms with Crippen LogP contribution in [0.15, 0.2) is 6.33 Å². The molecule has 0 amide bonds. The fourth-order valence-electron chi connectivity index (χ4n) is 1.78. The highest BCUT2D eigenvalue weighted by molar-refractivity contribution is 5.58. The van der Waals surface area contributed by atoms with Crippen molar-refractivity contribution in [2.24, 2.45) is 0 Å². The van der Waals surface area contributed by atoms with Crippen LogP contribution in [0.25, 0.3) is 0 Å². The van der Waals surface area contributed by atoms with Crippen LogP contribution in [0, 0.1) is 0 Å². The molecule has 1 heterocycles. The predicted octanol–water partition coefficient (Wildman–Crippen LogP) is 1.25. The summed E-state index contributed by atoms with van der Waals surface area (Å²) in [5.74, 6) is 0.666. The third kappa shape index (κ3) is 3.49. The molecule has 0 radical (unpaired) electrons. The first-order valence-corrected chi connectivity index (χ1v) is 5.71. The largest absolute Gasteiger partial charge is 0.395 e. The quantitative estimate of drug-likeness (QED) is 0.805. The van der Waals surface area contributed by atoms with E-state index in [9.17, 15) is 8.78 Å². The number of nitrogens with zero attached hydrogens (tertiary/aromatic N) is 3. The number of alkyl halides is 2. The second-order valence-electron chi connectivity index (χ2n) is 4.21. The van der Waals surface area contributed by atoms with Gasteiger partial charge in [-0.25, -0.2) is 18.7 Å². The van der Waals surface area contributed by atoms with Crippen LogP contribution in [0.5, 0.6) is 0 Å². The Morgan fingerprint density at radius 3 is 2.56 bits per heavy atom. The molecule has 5 nitrogen and oxygen atoms in total. The van der Waals surface area contributed by atoms with E-state index < -0.39 is 13.0 Å². The molecular weight excluding hydrogens is 242 g/mol. The Morgan fingerprint density at radius 1 is 1.39 bits per heavy atom. The van der Waals surface area contributed by atoms with Gasteiger partial charge in [0, 0.05) is 12.1 Å². The molecule has 0 spiro atoms. The number of aliphatic hydroxyl groups is 1. The number of rotatable bonds is 6. The summed E-state index contributed by atoms with van der Waals surface area (Å²) in [5, 5.41) is 8.95. The molecular formula is C11H18F2N4O. The third-order valence-corrected chi connectivity index (χ3v) is 2.50. The van der Waals surface area contributed by atoms with Gasteiger partial charge in [-0.3, -0.25) is 0 Å². The van der Waals surface area contributed by atoms with E-state index in [2.05, 4.69) is 9.97 Å². The van der Waals surface area contributed by atoms with E-state index in [-0.39, 0.29) is 24.9 Å². The lowest BCUT2D eigenvalue weighted by atomic mass is 10.0. The maximum atomic E-state index is 12.5. The van der Waals surface area contributed by atoms with E-state index in [0.717, 1.165) is 0 Å². The normalized spacial score (nSPS) is 11.3.